The first-order chi connectivity index (χ1) is 10.7. The lowest BCUT2D eigenvalue weighted by atomic mass is 10.2. The highest BCUT2D eigenvalue weighted by atomic mass is 35.5. The van der Waals surface area contributed by atoms with E-state index in [2.05, 4.69) is 22.4 Å². The van der Waals surface area contributed by atoms with Crippen molar-refractivity contribution in [3.63, 3.8) is 0 Å². The maximum atomic E-state index is 11.8. The number of amides is 1. The maximum absolute atomic E-state index is 11.8. The Morgan fingerprint density at radius 2 is 2.27 bits per heavy atom. The van der Waals surface area contributed by atoms with Crippen LogP contribution in [0.4, 0.5) is 0 Å². The summed E-state index contributed by atoms with van der Waals surface area (Å²) >= 11 is 7.36. The van der Waals surface area contributed by atoms with Crippen molar-refractivity contribution in [3.05, 3.63) is 35.6 Å². The zero-order valence-electron chi connectivity index (χ0n) is 12.5. The van der Waals surface area contributed by atoms with Gasteiger partial charge in [-0.05, 0) is 24.6 Å². The van der Waals surface area contributed by atoms with Crippen molar-refractivity contribution >= 4 is 29.3 Å². The van der Waals surface area contributed by atoms with Crippen molar-refractivity contribution in [2.75, 3.05) is 12.3 Å². The van der Waals surface area contributed by atoms with Crippen LogP contribution >= 0.6 is 23.4 Å². The molecule has 2 aromatic rings. The molecule has 7 heteroatoms. The van der Waals surface area contributed by atoms with Crippen LogP contribution < -0.4 is 5.32 Å². The third kappa shape index (κ3) is 5.03. The highest BCUT2D eigenvalue weighted by molar-refractivity contribution is 7.99. The Balaban J connectivity index is 1.89. The number of carbonyl (C=O) groups is 1. The van der Waals surface area contributed by atoms with Gasteiger partial charge in [-0.25, -0.2) is 0 Å². The maximum Gasteiger partial charge on any atom is 0.230 e. The Morgan fingerprint density at radius 1 is 1.41 bits per heavy atom. The second-order valence-electron chi connectivity index (χ2n) is 4.81. The number of nitrogens with zero attached hydrogens (tertiary/aromatic N) is 3. The van der Waals surface area contributed by atoms with E-state index in [0.29, 0.717) is 15.9 Å². The quantitative estimate of drug-likeness (QED) is 0.592. The van der Waals surface area contributed by atoms with E-state index in [1.165, 1.54) is 11.8 Å². The van der Waals surface area contributed by atoms with Crippen LogP contribution in [0.5, 0.6) is 0 Å². The number of rotatable bonds is 8. The lowest BCUT2D eigenvalue weighted by molar-refractivity contribution is -0.118. The van der Waals surface area contributed by atoms with Crippen LogP contribution in [0.25, 0.3) is 5.69 Å². The standard InChI is InChI=1S/C15H19ClN4OS/c1-2-3-4-8-17-14(21)10-22-15-19-18-11-20(15)13-7-5-6-12(16)9-13/h5-7,9,11H,2-4,8,10H2,1H3,(H,17,21). The van der Waals surface area contributed by atoms with Gasteiger partial charge in [0.25, 0.3) is 0 Å². The third-order valence-electron chi connectivity index (χ3n) is 3.04. The first-order valence-electron chi connectivity index (χ1n) is 7.26. The predicted octanol–water partition coefficient (Wildman–Crippen LogP) is 3.32. The largest absolute Gasteiger partial charge is 0.355 e. The van der Waals surface area contributed by atoms with Crippen LogP contribution in [0.15, 0.2) is 35.7 Å². The van der Waals surface area contributed by atoms with Crippen LogP contribution in [-0.2, 0) is 4.79 Å². The first kappa shape index (κ1) is 16.8. The molecule has 1 amide bonds. The van der Waals surface area contributed by atoms with E-state index >= 15 is 0 Å². The van der Waals surface area contributed by atoms with Gasteiger partial charge in [0.05, 0.1) is 11.4 Å². The number of aromatic nitrogens is 3. The van der Waals surface area contributed by atoms with Crippen molar-refractivity contribution < 1.29 is 4.79 Å². The molecule has 0 radical (unpaired) electrons. The number of thioether (sulfide) groups is 1. The zero-order valence-corrected chi connectivity index (χ0v) is 14.0. The molecule has 0 aliphatic carbocycles. The van der Waals surface area contributed by atoms with Crippen LogP contribution in [0.3, 0.4) is 0 Å². The summed E-state index contributed by atoms with van der Waals surface area (Å²) in [4.78, 5) is 11.8. The summed E-state index contributed by atoms with van der Waals surface area (Å²) in [6, 6.07) is 7.43. The molecule has 0 saturated heterocycles. The number of halogens is 1. The van der Waals surface area contributed by atoms with E-state index < -0.39 is 0 Å². The summed E-state index contributed by atoms with van der Waals surface area (Å²) in [5, 5.41) is 12.2. The molecule has 0 fully saturated rings. The average molecular weight is 339 g/mol. The van der Waals surface area contributed by atoms with Crippen molar-refractivity contribution in [3.8, 4) is 5.69 Å². The SMILES string of the molecule is CCCCCNC(=O)CSc1nncn1-c1cccc(Cl)c1. The molecule has 0 aliphatic heterocycles. The Kier molecular flexibility index (Phi) is 6.74. The molecule has 0 aliphatic rings. The second-order valence-corrected chi connectivity index (χ2v) is 6.19. The lowest BCUT2D eigenvalue weighted by Crippen LogP contribution is -2.26. The Hall–Kier alpha value is -1.53. The Labute approximate surface area is 139 Å². The van der Waals surface area contributed by atoms with Crippen LogP contribution in [0, 0.1) is 0 Å². The minimum absolute atomic E-state index is 0.0155. The summed E-state index contributed by atoms with van der Waals surface area (Å²) in [5.74, 6) is 0.340. The van der Waals surface area contributed by atoms with Gasteiger partial charge in [0, 0.05) is 11.6 Å². The average Bonchev–Trinajstić information content (AvgIpc) is 2.98. The molecule has 1 heterocycles. The molecule has 22 heavy (non-hydrogen) atoms. The number of benzene rings is 1. The Morgan fingerprint density at radius 3 is 3.05 bits per heavy atom. The van der Waals surface area contributed by atoms with E-state index in [-0.39, 0.29) is 5.91 Å². The van der Waals surface area contributed by atoms with Gasteiger partial charge in [-0.1, -0.05) is 49.2 Å². The molecule has 0 atom stereocenters. The van der Waals surface area contributed by atoms with Crippen molar-refractivity contribution in [1.29, 1.82) is 0 Å². The molecule has 5 nitrogen and oxygen atoms in total. The van der Waals surface area contributed by atoms with Gasteiger partial charge in [-0.2, -0.15) is 0 Å². The van der Waals surface area contributed by atoms with Crippen LogP contribution in [0.2, 0.25) is 5.02 Å². The third-order valence-corrected chi connectivity index (χ3v) is 4.22. The van der Waals surface area contributed by atoms with Crippen molar-refractivity contribution in [2.24, 2.45) is 0 Å². The van der Waals surface area contributed by atoms with Crippen molar-refractivity contribution in [1.82, 2.24) is 20.1 Å². The van der Waals surface area contributed by atoms with Gasteiger partial charge in [-0.3, -0.25) is 9.36 Å². The molecule has 2 rings (SSSR count). The van der Waals surface area contributed by atoms with Gasteiger partial charge in [0.1, 0.15) is 6.33 Å². The zero-order chi connectivity index (χ0) is 15.8. The molecular formula is C15H19ClN4OS. The van der Waals surface area contributed by atoms with Crippen LogP contribution in [0.1, 0.15) is 26.2 Å². The van der Waals surface area contributed by atoms with E-state index in [4.69, 9.17) is 11.6 Å². The molecule has 1 aromatic heterocycles. The van der Waals surface area contributed by atoms with Gasteiger partial charge >= 0.3 is 0 Å². The molecule has 1 aromatic carbocycles. The fraction of sp³-hybridized carbons (Fsp3) is 0.400. The summed E-state index contributed by atoms with van der Waals surface area (Å²) in [7, 11) is 0. The molecule has 0 saturated carbocycles. The molecule has 118 valence electrons. The molecule has 0 spiro atoms. The van der Waals surface area contributed by atoms with Gasteiger partial charge in [0.2, 0.25) is 5.91 Å². The summed E-state index contributed by atoms with van der Waals surface area (Å²) in [5.41, 5.74) is 0.878. The Bertz CT molecular complexity index is 617. The van der Waals surface area contributed by atoms with E-state index in [1.54, 1.807) is 6.33 Å². The summed E-state index contributed by atoms with van der Waals surface area (Å²) in [6.07, 6.45) is 4.92. The van der Waals surface area contributed by atoms with E-state index in [0.717, 1.165) is 31.5 Å². The minimum atomic E-state index is 0.0155. The molecule has 0 bridgehead atoms. The normalized spacial score (nSPS) is 10.6. The van der Waals surface area contributed by atoms with Crippen molar-refractivity contribution in [2.45, 2.75) is 31.3 Å². The monoisotopic (exact) mass is 338 g/mol. The topological polar surface area (TPSA) is 59.8 Å². The van der Waals surface area contributed by atoms with Gasteiger partial charge in [0.15, 0.2) is 5.16 Å². The minimum Gasteiger partial charge on any atom is -0.355 e. The highest BCUT2D eigenvalue weighted by Crippen LogP contribution is 2.21. The fourth-order valence-corrected chi connectivity index (χ4v) is 2.85. The number of carbonyl (C=O) groups excluding carboxylic acids is 1. The number of unbranched alkanes of at least 4 members (excludes halogenated alkanes) is 2. The summed E-state index contributed by atoms with van der Waals surface area (Å²) in [6.45, 7) is 2.87. The summed E-state index contributed by atoms with van der Waals surface area (Å²) < 4.78 is 1.82. The molecule has 1 N–H and O–H groups in total. The highest BCUT2D eigenvalue weighted by Gasteiger charge is 2.10. The number of nitrogens with one attached hydrogen (secondary N) is 1. The lowest BCUT2D eigenvalue weighted by Gasteiger charge is -2.07. The molecule has 0 unspecified atom stereocenters. The van der Waals surface area contributed by atoms with E-state index in [9.17, 15) is 4.79 Å². The van der Waals surface area contributed by atoms with Gasteiger partial charge in [-0.15, -0.1) is 10.2 Å². The number of hydrogen-bond donors (Lipinski definition) is 1. The smallest absolute Gasteiger partial charge is 0.230 e. The fourth-order valence-electron chi connectivity index (χ4n) is 1.91. The first-order valence-corrected chi connectivity index (χ1v) is 8.62. The number of hydrogen-bond acceptors (Lipinski definition) is 4. The van der Waals surface area contributed by atoms with Gasteiger partial charge < -0.3 is 5.32 Å². The predicted molar refractivity (Wildman–Crippen MR) is 89.6 cm³/mol. The van der Waals surface area contributed by atoms with Crippen LogP contribution in [-0.4, -0.2) is 33.0 Å². The van der Waals surface area contributed by atoms with E-state index in [1.807, 2.05) is 28.8 Å². The second kappa shape index (κ2) is 8.80. The molecular weight excluding hydrogens is 320 g/mol.